The lowest BCUT2D eigenvalue weighted by atomic mass is 9.37. The molecule has 0 aromatic rings. The minimum Gasteiger partial charge on any atom is -0.396 e. The number of aliphatic hydroxyl groups is 2. The summed E-state index contributed by atoms with van der Waals surface area (Å²) in [6, 6.07) is 0.962. The molecule has 0 radical (unpaired) electrons. The van der Waals surface area contributed by atoms with Gasteiger partial charge in [-0.15, -0.1) is 0 Å². The Balaban J connectivity index is 1.87. The minimum atomic E-state index is 0.117. The summed E-state index contributed by atoms with van der Waals surface area (Å²) in [5.41, 5.74) is 0.234. The molecule has 3 aliphatic carbocycles. The number of piperidine rings is 4. The summed E-state index contributed by atoms with van der Waals surface area (Å²) in [6.45, 7) is 2.88. The number of hydrogen-bond donors (Lipinski definition) is 2. The number of nitrogens with zero attached hydrogens (tertiary/aromatic N) is 2. The Kier molecular flexibility index (Phi) is 2.13. The molecule has 0 spiro atoms. The first-order valence-corrected chi connectivity index (χ1v) is 7.21. The van der Waals surface area contributed by atoms with Gasteiger partial charge in [0.2, 0.25) is 0 Å². The second-order valence-electron chi connectivity index (χ2n) is 7.31. The summed E-state index contributed by atoms with van der Waals surface area (Å²) in [6.07, 6.45) is 2.16. The molecule has 6 atom stereocenters. The second kappa shape index (κ2) is 3.29. The van der Waals surface area contributed by atoms with Crippen LogP contribution in [0.3, 0.4) is 0 Å². The quantitative estimate of drug-likeness (QED) is 0.703. The Bertz CT molecular complexity index is 354. The maximum atomic E-state index is 10.1. The van der Waals surface area contributed by atoms with E-state index >= 15 is 0 Å². The monoisotopic (exact) mass is 252 g/mol. The van der Waals surface area contributed by atoms with Gasteiger partial charge in [-0.1, -0.05) is 0 Å². The summed E-state index contributed by atoms with van der Waals surface area (Å²) in [4.78, 5) is 4.90. The summed E-state index contributed by atoms with van der Waals surface area (Å²) in [7, 11) is 4.40. The van der Waals surface area contributed by atoms with E-state index in [1.807, 2.05) is 0 Å². The van der Waals surface area contributed by atoms with Crippen molar-refractivity contribution < 1.29 is 10.2 Å². The number of hydrogen-bond acceptors (Lipinski definition) is 4. The Morgan fingerprint density at radius 1 is 0.889 bits per heavy atom. The molecule has 6 bridgehead atoms. The van der Waals surface area contributed by atoms with Crippen molar-refractivity contribution in [3.8, 4) is 0 Å². The smallest absolute Gasteiger partial charge is 0.0506 e. The van der Waals surface area contributed by atoms with Crippen molar-refractivity contribution in [2.24, 2.45) is 22.7 Å². The molecule has 4 heteroatoms. The number of rotatable bonds is 2. The third-order valence-electron chi connectivity index (χ3n) is 7.06. The largest absolute Gasteiger partial charge is 0.396 e. The fourth-order valence-electron chi connectivity index (χ4n) is 6.25. The zero-order valence-corrected chi connectivity index (χ0v) is 11.3. The van der Waals surface area contributed by atoms with Crippen molar-refractivity contribution in [2.45, 2.75) is 24.9 Å². The topological polar surface area (TPSA) is 46.9 Å². The first-order chi connectivity index (χ1) is 8.59. The maximum Gasteiger partial charge on any atom is 0.0506 e. The van der Waals surface area contributed by atoms with Crippen LogP contribution < -0.4 is 0 Å². The molecule has 4 saturated heterocycles. The SMILES string of the molecule is CN1CC2C3CN(C)[C@@H]4C[C@@]3(CO)[C@@H]1C[C@@]24CO. The number of aliphatic hydroxyl groups excluding tert-OH is 2. The van der Waals surface area contributed by atoms with Crippen molar-refractivity contribution >= 4 is 0 Å². The standard InChI is InChI=1S/C14H24N2O2/c1-15-5-9-10-6-16(2)12-4-13(10,7-17)11(15)3-14(9,12)8-18/h9-12,17-18H,3-8H2,1-2H3/t9?,10?,11-,12+,13-,14+. The lowest BCUT2D eigenvalue weighted by molar-refractivity contribution is -0.302. The van der Waals surface area contributed by atoms with Gasteiger partial charge in [-0.3, -0.25) is 0 Å². The van der Waals surface area contributed by atoms with Crippen LogP contribution in [-0.2, 0) is 0 Å². The molecule has 0 aromatic heterocycles. The van der Waals surface area contributed by atoms with Gasteiger partial charge in [-0.25, -0.2) is 0 Å². The van der Waals surface area contributed by atoms with Gasteiger partial charge >= 0.3 is 0 Å². The van der Waals surface area contributed by atoms with Crippen LogP contribution in [-0.4, -0.2) is 72.5 Å². The Morgan fingerprint density at radius 3 is 1.61 bits per heavy atom. The Morgan fingerprint density at radius 2 is 1.28 bits per heavy atom. The highest BCUT2D eigenvalue weighted by molar-refractivity contribution is 5.25. The van der Waals surface area contributed by atoms with Crippen LogP contribution in [0.25, 0.3) is 0 Å². The van der Waals surface area contributed by atoms with E-state index in [1.54, 1.807) is 0 Å². The van der Waals surface area contributed by atoms with E-state index in [0.717, 1.165) is 25.9 Å². The molecule has 3 saturated carbocycles. The van der Waals surface area contributed by atoms with Crippen molar-refractivity contribution in [1.29, 1.82) is 0 Å². The van der Waals surface area contributed by atoms with Gasteiger partial charge in [-0.2, -0.15) is 0 Å². The summed E-state index contributed by atoms with van der Waals surface area (Å²) in [5.74, 6) is 1.17. The van der Waals surface area contributed by atoms with Gasteiger partial charge in [0.1, 0.15) is 0 Å². The van der Waals surface area contributed by atoms with Crippen molar-refractivity contribution in [3.63, 3.8) is 0 Å². The van der Waals surface area contributed by atoms with Gasteiger partial charge in [0.05, 0.1) is 13.2 Å². The van der Waals surface area contributed by atoms with E-state index in [4.69, 9.17) is 0 Å². The highest BCUT2D eigenvalue weighted by Crippen LogP contribution is 2.69. The predicted molar refractivity (Wildman–Crippen MR) is 68.1 cm³/mol. The van der Waals surface area contributed by atoms with Gasteiger partial charge < -0.3 is 20.0 Å². The average Bonchev–Trinajstić information content (AvgIpc) is 2.40. The highest BCUT2D eigenvalue weighted by Gasteiger charge is 2.74. The first kappa shape index (κ1) is 11.6. The van der Waals surface area contributed by atoms with Crippen LogP contribution in [0.4, 0.5) is 0 Å². The molecule has 102 valence electrons. The summed E-state index contributed by atoms with van der Waals surface area (Å²) < 4.78 is 0. The van der Waals surface area contributed by atoms with Crippen LogP contribution in [0.2, 0.25) is 0 Å². The van der Waals surface area contributed by atoms with Gasteiger partial charge in [0.25, 0.3) is 0 Å². The van der Waals surface area contributed by atoms with Crippen molar-refractivity contribution in [1.82, 2.24) is 9.80 Å². The van der Waals surface area contributed by atoms with E-state index in [1.165, 1.54) is 0 Å². The molecule has 4 nitrogen and oxygen atoms in total. The summed E-state index contributed by atoms with van der Waals surface area (Å²) >= 11 is 0. The Labute approximate surface area is 109 Å². The summed E-state index contributed by atoms with van der Waals surface area (Å²) in [5, 5.41) is 20.1. The van der Waals surface area contributed by atoms with E-state index < -0.39 is 0 Å². The number of fused-ring (bicyclic) bond motifs is 2. The molecule has 0 aromatic carbocycles. The second-order valence-corrected chi connectivity index (χ2v) is 7.31. The van der Waals surface area contributed by atoms with Crippen molar-refractivity contribution in [3.05, 3.63) is 0 Å². The normalized spacial score (nSPS) is 58.7. The molecule has 4 aliphatic heterocycles. The average molecular weight is 252 g/mol. The molecule has 7 aliphatic rings. The van der Waals surface area contributed by atoms with Gasteiger partial charge in [-0.05, 0) is 38.8 Å². The van der Waals surface area contributed by atoms with E-state index in [9.17, 15) is 10.2 Å². The minimum absolute atomic E-state index is 0.117. The maximum absolute atomic E-state index is 10.1. The molecule has 2 N–H and O–H groups in total. The van der Waals surface area contributed by atoms with E-state index in [0.29, 0.717) is 37.1 Å². The fourth-order valence-corrected chi connectivity index (χ4v) is 6.25. The molecule has 0 amide bonds. The van der Waals surface area contributed by atoms with E-state index in [2.05, 4.69) is 23.9 Å². The van der Waals surface area contributed by atoms with Crippen LogP contribution in [0.1, 0.15) is 12.8 Å². The molecular formula is C14H24N2O2. The molecule has 7 rings (SSSR count). The zero-order valence-electron chi connectivity index (χ0n) is 11.3. The third kappa shape index (κ3) is 0.974. The molecule has 18 heavy (non-hydrogen) atoms. The van der Waals surface area contributed by atoms with E-state index in [-0.39, 0.29) is 10.8 Å². The third-order valence-corrected chi connectivity index (χ3v) is 7.06. The first-order valence-electron chi connectivity index (χ1n) is 7.21. The molecule has 2 unspecified atom stereocenters. The van der Waals surface area contributed by atoms with Gasteiger partial charge in [0, 0.05) is 36.0 Å². The van der Waals surface area contributed by atoms with Crippen LogP contribution >= 0.6 is 0 Å². The Hall–Kier alpha value is -0.160. The highest BCUT2D eigenvalue weighted by atomic mass is 16.3. The lowest BCUT2D eigenvalue weighted by Crippen LogP contribution is -2.83. The fraction of sp³-hybridized carbons (Fsp3) is 1.00. The van der Waals surface area contributed by atoms with Crippen molar-refractivity contribution in [2.75, 3.05) is 40.4 Å². The van der Waals surface area contributed by atoms with Gasteiger partial charge in [0.15, 0.2) is 0 Å². The predicted octanol–water partition coefficient (Wildman–Crippen LogP) is -0.388. The van der Waals surface area contributed by atoms with Crippen LogP contribution in [0.5, 0.6) is 0 Å². The lowest BCUT2D eigenvalue weighted by Gasteiger charge is -2.78. The zero-order chi connectivity index (χ0) is 12.7. The van der Waals surface area contributed by atoms with Crippen LogP contribution in [0.15, 0.2) is 0 Å². The molecule has 7 fully saturated rings. The molecular weight excluding hydrogens is 228 g/mol. The molecule has 4 heterocycles. The van der Waals surface area contributed by atoms with Crippen LogP contribution in [0, 0.1) is 22.7 Å².